The van der Waals surface area contributed by atoms with Crippen LogP contribution in [-0.4, -0.2) is 11.0 Å². The summed E-state index contributed by atoms with van der Waals surface area (Å²) in [7, 11) is 0. The molecule has 98 valence electrons. The van der Waals surface area contributed by atoms with E-state index in [2.05, 4.69) is 5.32 Å². The predicted octanol–water partition coefficient (Wildman–Crippen LogP) is 3.58. The maximum absolute atomic E-state index is 13.0. The lowest BCUT2D eigenvalue weighted by atomic mass is 10.2. The van der Waals surface area contributed by atoms with Gasteiger partial charge in [0.05, 0.1) is 5.02 Å². The van der Waals surface area contributed by atoms with E-state index in [9.17, 15) is 18.7 Å². The summed E-state index contributed by atoms with van der Waals surface area (Å²) in [5.41, 5.74) is 0.100. The summed E-state index contributed by atoms with van der Waals surface area (Å²) < 4.78 is 25.9. The monoisotopic (exact) mass is 283 g/mol. The molecule has 0 aliphatic heterocycles. The molecule has 0 heterocycles. The highest BCUT2D eigenvalue weighted by molar-refractivity contribution is 6.32. The number of rotatable bonds is 2. The standard InChI is InChI=1S/C13H8ClF2NO2/c14-11-2-1-10(6-12(11)18)17-13(19)7-3-8(15)5-9(16)4-7/h1-6,18H,(H,17,19). The molecule has 1 amide bonds. The van der Waals surface area contributed by atoms with Gasteiger partial charge >= 0.3 is 0 Å². The summed E-state index contributed by atoms with van der Waals surface area (Å²) >= 11 is 5.61. The van der Waals surface area contributed by atoms with E-state index < -0.39 is 17.5 Å². The number of carbonyl (C=O) groups excluding carboxylic acids is 1. The first-order valence-corrected chi connectivity index (χ1v) is 5.59. The number of hydrogen-bond donors (Lipinski definition) is 2. The summed E-state index contributed by atoms with van der Waals surface area (Å²) in [5.74, 6) is -2.58. The molecule has 0 spiro atoms. The van der Waals surface area contributed by atoms with E-state index in [-0.39, 0.29) is 22.0 Å². The van der Waals surface area contributed by atoms with Crippen LogP contribution in [0.5, 0.6) is 5.75 Å². The van der Waals surface area contributed by atoms with Gasteiger partial charge < -0.3 is 10.4 Å². The molecule has 6 heteroatoms. The van der Waals surface area contributed by atoms with Crippen LogP contribution in [-0.2, 0) is 0 Å². The zero-order valence-corrected chi connectivity index (χ0v) is 10.2. The van der Waals surface area contributed by atoms with Gasteiger partial charge in [-0.15, -0.1) is 0 Å². The Hall–Kier alpha value is -2.14. The van der Waals surface area contributed by atoms with Crippen molar-refractivity contribution in [1.82, 2.24) is 0 Å². The van der Waals surface area contributed by atoms with Crippen molar-refractivity contribution in [2.45, 2.75) is 0 Å². The first kappa shape index (κ1) is 13.3. The number of carbonyl (C=O) groups is 1. The van der Waals surface area contributed by atoms with Gasteiger partial charge in [-0.1, -0.05) is 11.6 Å². The van der Waals surface area contributed by atoms with Gasteiger partial charge in [0.15, 0.2) is 0 Å². The van der Waals surface area contributed by atoms with Crippen molar-refractivity contribution in [3.8, 4) is 5.75 Å². The Balaban J connectivity index is 2.22. The molecule has 0 aliphatic rings. The van der Waals surface area contributed by atoms with Crippen LogP contribution in [0.25, 0.3) is 0 Å². The summed E-state index contributed by atoms with van der Waals surface area (Å²) in [6, 6.07) is 6.57. The molecule has 0 bridgehead atoms. The lowest BCUT2D eigenvalue weighted by Crippen LogP contribution is -2.12. The Morgan fingerprint density at radius 3 is 2.32 bits per heavy atom. The highest BCUT2D eigenvalue weighted by atomic mass is 35.5. The van der Waals surface area contributed by atoms with Gasteiger partial charge in [-0.3, -0.25) is 4.79 Å². The van der Waals surface area contributed by atoms with Crippen molar-refractivity contribution in [3.05, 3.63) is 58.6 Å². The van der Waals surface area contributed by atoms with Crippen molar-refractivity contribution < 1.29 is 18.7 Å². The minimum Gasteiger partial charge on any atom is -0.506 e. The predicted molar refractivity (Wildman–Crippen MR) is 67.4 cm³/mol. The lowest BCUT2D eigenvalue weighted by molar-refractivity contribution is 0.102. The SMILES string of the molecule is O=C(Nc1ccc(Cl)c(O)c1)c1cc(F)cc(F)c1. The van der Waals surface area contributed by atoms with Crippen LogP contribution in [0.1, 0.15) is 10.4 Å². The third kappa shape index (κ3) is 3.20. The van der Waals surface area contributed by atoms with Crippen LogP contribution in [0, 0.1) is 11.6 Å². The second-order valence-electron chi connectivity index (χ2n) is 3.78. The highest BCUT2D eigenvalue weighted by Crippen LogP contribution is 2.26. The van der Waals surface area contributed by atoms with E-state index >= 15 is 0 Å². The van der Waals surface area contributed by atoms with Gasteiger partial charge in [0, 0.05) is 23.4 Å². The number of hydrogen-bond acceptors (Lipinski definition) is 2. The van der Waals surface area contributed by atoms with E-state index in [4.69, 9.17) is 11.6 Å². The molecular formula is C13H8ClF2NO2. The quantitative estimate of drug-likeness (QED) is 0.885. The van der Waals surface area contributed by atoms with E-state index in [1.807, 2.05) is 0 Å². The molecule has 0 radical (unpaired) electrons. The Bertz CT molecular complexity index is 626. The molecule has 3 nitrogen and oxygen atoms in total. The lowest BCUT2D eigenvalue weighted by Gasteiger charge is -2.06. The molecular weight excluding hydrogens is 276 g/mol. The molecule has 0 aromatic heterocycles. The fourth-order valence-electron chi connectivity index (χ4n) is 1.48. The van der Waals surface area contributed by atoms with Crippen LogP contribution < -0.4 is 5.32 Å². The molecule has 0 fully saturated rings. The molecule has 0 aliphatic carbocycles. The van der Waals surface area contributed by atoms with Crippen LogP contribution in [0.3, 0.4) is 0 Å². The summed E-state index contributed by atoms with van der Waals surface area (Å²) in [4.78, 5) is 11.8. The Morgan fingerprint density at radius 1 is 1.11 bits per heavy atom. The van der Waals surface area contributed by atoms with E-state index in [1.54, 1.807) is 0 Å². The van der Waals surface area contributed by atoms with Crippen molar-refractivity contribution in [2.24, 2.45) is 0 Å². The van der Waals surface area contributed by atoms with Gasteiger partial charge in [0.1, 0.15) is 17.4 Å². The van der Waals surface area contributed by atoms with Crippen LogP contribution >= 0.6 is 11.6 Å². The maximum Gasteiger partial charge on any atom is 0.255 e. The molecule has 2 rings (SSSR count). The third-order valence-electron chi connectivity index (χ3n) is 2.33. The average Bonchev–Trinajstić information content (AvgIpc) is 2.32. The molecule has 2 aromatic carbocycles. The molecule has 0 atom stereocenters. The second kappa shape index (κ2) is 5.24. The number of nitrogens with one attached hydrogen (secondary N) is 1. The molecule has 2 aromatic rings. The van der Waals surface area contributed by atoms with E-state index in [1.165, 1.54) is 18.2 Å². The fourth-order valence-corrected chi connectivity index (χ4v) is 1.60. The maximum atomic E-state index is 13.0. The third-order valence-corrected chi connectivity index (χ3v) is 2.65. The van der Waals surface area contributed by atoms with Gasteiger partial charge in [0.25, 0.3) is 5.91 Å². The number of phenolic OH excluding ortho intramolecular Hbond substituents is 1. The van der Waals surface area contributed by atoms with E-state index in [0.29, 0.717) is 6.07 Å². The molecule has 2 N–H and O–H groups in total. The Kier molecular flexibility index (Phi) is 3.66. The van der Waals surface area contributed by atoms with Crippen molar-refractivity contribution in [2.75, 3.05) is 5.32 Å². The number of anilines is 1. The van der Waals surface area contributed by atoms with Gasteiger partial charge in [-0.25, -0.2) is 8.78 Å². The van der Waals surface area contributed by atoms with Crippen molar-refractivity contribution >= 4 is 23.2 Å². The number of phenols is 1. The molecule has 0 saturated heterocycles. The Labute approximate surface area is 112 Å². The van der Waals surface area contributed by atoms with Gasteiger partial charge in [0.2, 0.25) is 0 Å². The number of amides is 1. The van der Waals surface area contributed by atoms with Crippen LogP contribution in [0.15, 0.2) is 36.4 Å². The van der Waals surface area contributed by atoms with Crippen molar-refractivity contribution in [3.63, 3.8) is 0 Å². The van der Waals surface area contributed by atoms with Gasteiger partial charge in [-0.05, 0) is 24.3 Å². The minimum absolute atomic E-state index is 0.134. The number of halogens is 3. The zero-order chi connectivity index (χ0) is 14.0. The number of benzene rings is 2. The summed E-state index contributed by atoms with van der Waals surface area (Å²) in [6.45, 7) is 0. The van der Waals surface area contributed by atoms with Crippen LogP contribution in [0.2, 0.25) is 5.02 Å². The van der Waals surface area contributed by atoms with Crippen LogP contribution in [0.4, 0.5) is 14.5 Å². The summed E-state index contributed by atoms with van der Waals surface area (Å²) in [6.07, 6.45) is 0. The first-order valence-electron chi connectivity index (χ1n) is 5.21. The zero-order valence-electron chi connectivity index (χ0n) is 9.45. The second-order valence-corrected chi connectivity index (χ2v) is 4.19. The fraction of sp³-hybridized carbons (Fsp3) is 0. The topological polar surface area (TPSA) is 49.3 Å². The first-order chi connectivity index (χ1) is 8.95. The smallest absolute Gasteiger partial charge is 0.255 e. The normalized spacial score (nSPS) is 10.3. The Morgan fingerprint density at radius 2 is 1.74 bits per heavy atom. The molecule has 19 heavy (non-hydrogen) atoms. The van der Waals surface area contributed by atoms with E-state index in [0.717, 1.165) is 12.1 Å². The summed E-state index contributed by atoms with van der Waals surface area (Å²) in [5, 5.41) is 11.9. The van der Waals surface area contributed by atoms with Crippen molar-refractivity contribution in [1.29, 1.82) is 0 Å². The minimum atomic E-state index is -0.843. The molecule has 0 unspecified atom stereocenters. The molecule has 0 saturated carbocycles. The largest absolute Gasteiger partial charge is 0.506 e. The van der Waals surface area contributed by atoms with Gasteiger partial charge in [-0.2, -0.15) is 0 Å². The average molecular weight is 284 g/mol. The highest BCUT2D eigenvalue weighted by Gasteiger charge is 2.10. The number of aromatic hydroxyl groups is 1.